The largest absolute Gasteiger partial charge is 0.497 e. The highest BCUT2D eigenvalue weighted by atomic mass is 32.2. The summed E-state index contributed by atoms with van der Waals surface area (Å²) in [6, 6.07) is 29.0. The van der Waals surface area contributed by atoms with Gasteiger partial charge in [0.1, 0.15) is 24.1 Å². The molecular weight excluding hydrogens is 627 g/mol. The predicted molar refractivity (Wildman–Crippen MR) is 187 cm³/mol. The molecule has 1 aliphatic rings. The second-order valence-electron chi connectivity index (χ2n) is 12.1. The summed E-state index contributed by atoms with van der Waals surface area (Å²) in [6.07, 6.45) is 4.10. The van der Waals surface area contributed by atoms with Crippen LogP contribution in [0.25, 0.3) is 0 Å². The number of hydrogen-bond donors (Lipinski definition) is 1. The summed E-state index contributed by atoms with van der Waals surface area (Å²) in [5.74, 6) is 0.339. The first-order chi connectivity index (χ1) is 23.2. The molecule has 1 aliphatic carbocycles. The molecule has 0 spiro atoms. The van der Waals surface area contributed by atoms with Gasteiger partial charge in [-0.3, -0.25) is 13.9 Å². The van der Waals surface area contributed by atoms with Gasteiger partial charge in [0, 0.05) is 19.0 Å². The van der Waals surface area contributed by atoms with Crippen molar-refractivity contribution in [2.45, 2.75) is 62.6 Å². The molecule has 252 valence electrons. The molecule has 1 atom stereocenters. The van der Waals surface area contributed by atoms with E-state index in [1.54, 1.807) is 43.5 Å². The Kier molecular flexibility index (Phi) is 11.4. The lowest BCUT2D eigenvalue weighted by Gasteiger charge is -2.34. The van der Waals surface area contributed by atoms with E-state index in [-0.39, 0.29) is 29.8 Å². The van der Waals surface area contributed by atoms with Gasteiger partial charge in [-0.2, -0.15) is 0 Å². The fraction of sp³-hybridized carbons (Fsp3) is 0.316. The number of benzene rings is 4. The number of nitrogens with zero attached hydrogens (tertiary/aromatic N) is 2. The lowest BCUT2D eigenvalue weighted by atomic mass is 10.0. The molecule has 4 aromatic rings. The zero-order valence-corrected chi connectivity index (χ0v) is 28.5. The molecule has 0 heterocycles. The second kappa shape index (κ2) is 15.8. The smallest absolute Gasteiger partial charge is 0.264 e. The van der Waals surface area contributed by atoms with Crippen molar-refractivity contribution >= 4 is 27.5 Å². The molecule has 1 fully saturated rings. The third-order valence-corrected chi connectivity index (χ3v) is 10.5. The highest BCUT2D eigenvalue weighted by molar-refractivity contribution is 7.92. The monoisotopic (exact) mass is 669 g/mol. The number of carbonyl (C=O) groups excluding carboxylic acids is 2. The van der Waals surface area contributed by atoms with Gasteiger partial charge >= 0.3 is 0 Å². The molecule has 48 heavy (non-hydrogen) atoms. The molecular formula is C38H43N3O6S. The van der Waals surface area contributed by atoms with E-state index in [1.807, 2.05) is 61.5 Å². The van der Waals surface area contributed by atoms with Crippen molar-refractivity contribution in [3.63, 3.8) is 0 Å². The standard InChI is InChI=1S/C38H43N3O6S/c1-28-16-18-32(19-17-28)41(48(44,45)35-22-20-33(46-2)21-23-35)27-37(42)40(26-30-12-9-15-34(24-30)47-3)36(25-29-10-5-4-6-11-29)38(43)39-31-13-7-8-14-31/h4-6,9-12,15-24,31,36H,7-8,13-14,25-27H2,1-3H3,(H,39,43)/t36-/m0/s1. The maximum absolute atomic E-state index is 14.7. The van der Waals surface area contributed by atoms with E-state index in [0.29, 0.717) is 17.2 Å². The Hall–Kier alpha value is -4.83. The Morgan fingerprint density at radius 3 is 2.10 bits per heavy atom. The topological polar surface area (TPSA) is 105 Å². The summed E-state index contributed by atoms with van der Waals surface area (Å²) in [6.45, 7) is 1.45. The Labute approximate surface area is 283 Å². The fourth-order valence-electron chi connectivity index (χ4n) is 6.00. The minimum absolute atomic E-state index is 0.0100. The van der Waals surface area contributed by atoms with Crippen molar-refractivity contribution in [1.29, 1.82) is 0 Å². The Bertz CT molecular complexity index is 1770. The van der Waals surface area contributed by atoms with Crippen LogP contribution in [-0.2, 0) is 32.6 Å². The minimum Gasteiger partial charge on any atom is -0.497 e. The molecule has 2 amide bonds. The Morgan fingerprint density at radius 2 is 1.46 bits per heavy atom. The number of hydrogen-bond acceptors (Lipinski definition) is 6. The maximum atomic E-state index is 14.7. The summed E-state index contributed by atoms with van der Waals surface area (Å²) in [4.78, 5) is 30.4. The van der Waals surface area contributed by atoms with Crippen molar-refractivity contribution in [2.24, 2.45) is 0 Å². The van der Waals surface area contributed by atoms with Crippen molar-refractivity contribution in [3.05, 3.63) is 120 Å². The maximum Gasteiger partial charge on any atom is 0.264 e. The highest BCUT2D eigenvalue weighted by Crippen LogP contribution is 2.27. The molecule has 0 radical (unpaired) electrons. The number of carbonyl (C=O) groups is 2. The van der Waals surface area contributed by atoms with Gasteiger partial charge in [-0.25, -0.2) is 8.42 Å². The Balaban J connectivity index is 1.57. The van der Waals surface area contributed by atoms with Crippen LogP contribution in [0.1, 0.15) is 42.4 Å². The van der Waals surface area contributed by atoms with Crippen LogP contribution in [0.2, 0.25) is 0 Å². The van der Waals surface area contributed by atoms with Crippen LogP contribution in [0, 0.1) is 6.92 Å². The molecule has 0 saturated heterocycles. The third-order valence-electron chi connectivity index (χ3n) is 8.71. The summed E-state index contributed by atoms with van der Waals surface area (Å²) < 4.78 is 40.3. The first-order valence-corrected chi connectivity index (χ1v) is 17.6. The van der Waals surface area contributed by atoms with Gasteiger partial charge in [0.25, 0.3) is 10.0 Å². The molecule has 10 heteroatoms. The van der Waals surface area contributed by atoms with Crippen molar-refractivity contribution < 1.29 is 27.5 Å². The van der Waals surface area contributed by atoms with Crippen molar-refractivity contribution in [3.8, 4) is 11.5 Å². The number of sulfonamides is 1. The molecule has 0 unspecified atom stereocenters. The summed E-state index contributed by atoms with van der Waals surface area (Å²) in [5.41, 5.74) is 2.90. The molecule has 4 aromatic carbocycles. The molecule has 0 aromatic heterocycles. The number of ether oxygens (including phenoxy) is 2. The van der Waals surface area contributed by atoms with Gasteiger partial charge < -0.3 is 19.7 Å². The number of aryl methyl sites for hydroxylation is 1. The quantitative estimate of drug-likeness (QED) is 0.179. The van der Waals surface area contributed by atoms with Gasteiger partial charge in [-0.05, 0) is 79.4 Å². The Morgan fingerprint density at radius 1 is 0.812 bits per heavy atom. The molecule has 1 saturated carbocycles. The van der Waals surface area contributed by atoms with E-state index in [2.05, 4.69) is 5.32 Å². The van der Waals surface area contributed by atoms with Crippen LogP contribution in [0.3, 0.4) is 0 Å². The number of amides is 2. The zero-order valence-electron chi connectivity index (χ0n) is 27.7. The van der Waals surface area contributed by atoms with E-state index in [4.69, 9.17) is 9.47 Å². The number of anilines is 1. The number of rotatable bonds is 14. The summed E-state index contributed by atoms with van der Waals surface area (Å²) in [7, 11) is -1.14. The van der Waals surface area contributed by atoms with Crippen LogP contribution in [0.5, 0.6) is 11.5 Å². The molecule has 0 aliphatic heterocycles. The van der Waals surface area contributed by atoms with Gasteiger partial charge in [-0.15, -0.1) is 0 Å². The van der Waals surface area contributed by atoms with E-state index in [9.17, 15) is 18.0 Å². The van der Waals surface area contributed by atoms with Crippen molar-refractivity contribution in [1.82, 2.24) is 10.2 Å². The lowest BCUT2D eigenvalue weighted by Crippen LogP contribution is -2.54. The van der Waals surface area contributed by atoms with Crippen LogP contribution >= 0.6 is 0 Å². The van der Waals surface area contributed by atoms with Gasteiger partial charge in [0.05, 0.1) is 24.8 Å². The van der Waals surface area contributed by atoms with E-state index >= 15 is 0 Å². The SMILES string of the molecule is COc1ccc(S(=O)(=O)N(CC(=O)N(Cc2cccc(OC)c2)[C@@H](Cc2ccccc2)C(=O)NC2CCCC2)c2ccc(C)cc2)cc1. The van der Waals surface area contributed by atoms with Crippen LogP contribution in [-0.4, -0.2) is 58.0 Å². The normalized spacial score (nSPS) is 13.8. The van der Waals surface area contributed by atoms with Gasteiger partial charge in [0.2, 0.25) is 11.8 Å². The van der Waals surface area contributed by atoms with E-state index < -0.39 is 28.5 Å². The third kappa shape index (κ3) is 8.55. The van der Waals surface area contributed by atoms with Crippen molar-refractivity contribution in [2.75, 3.05) is 25.1 Å². The lowest BCUT2D eigenvalue weighted by molar-refractivity contribution is -0.140. The highest BCUT2D eigenvalue weighted by Gasteiger charge is 2.35. The average molecular weight is 670 g/mol. The first-order valence-electron chi connectivity index (χ1n) is 16.2. The van der Waals surface area contributed by atoms with E-state index in [0.717, 1.165) is 46.7 Å². The summed E-state index contributed by atoms with van der Waals surface area (Å²) in [5, 5.41) is 3.20. The first kappa shape index (κ1) is 34.5. The predicted octanol–water partition coefficient (Wildman–Crippen LogP) is 5.91. The molecule has 1 N–H and O–H groups in total. The molecule has 0 bridgehead atoms. The second-order valence-corrected chi connectivity index (χ2v) is 14.0. The number of nitrogens with one attached hydrogen (secondary N) is 1. The average Bonchev–Trinajstić information content (AvgIpc) is 3.62. The summed E-state index contributed by atoms with van der Waals surface area (Å²) >= 11 is 0. The molecule has 5 rings (SSSR count). The fourth-order valence-corrected chi connectivity index (χ4v) is 7.42. The van der Waals surface area contributed by atoms with Gasteiger partial charge in [0.15, 0.2) is 0 Å². The van der Waals surface area contributed by atoms with E-state index in [1.165, 1.54) is 24.1 Å². The molecule has 9 nitrogen and oxygen atoms in total. The van der Waals surface area contributed by atoms with Gasteiger partial charge in [-0.1, -0.05) is 73.0 Å². The van der Waals surface area contributed by atoms with Crippen LogP contribution < -0.4 is 19.1 Å². The van der Waals surface area contributed by atoms with Crippen LogP contribution in [0.15, 0.2) is 108 Å². The number of methoxy groups -OCH3 is 2. The van der Waals surface area contributed by atoms with Crippen LogP contribution in [0.4, 0.5) is 5.69 Å². The zero-order chi connectivity index (χ0) is 34.1. The minimum atomic E-state index is -4.22.